The maximum absolute atomic E-state index is 6.29. The molecule has 0 spiro atoms. The standard InChI is InChI=1S/C16H22N4/c1-11-8-9-20-14(10-11)18-15(16(20)17)12-4-6-13(7-5-12)19(2)3/h4-7,11H,8-10,17H2,1-3H3. The molecule has 20 heavy (non-hydrogen) atoms. The second-order valence-electron chi connectivity index (χ2n) is 5.95. The summed E-state index contributed by atoms with van der Waals surface area (Å²) in [5.41, 5.74) is 9.50. The fourth-order valence-corrected chi connectivity index (χ4v) is 2.81. The summed E-state index contributed by atoms with van der Waals surface area (Å²) in [6, 6.07) is 8.42. The molecule has 4 nitrogen and oxygen atoms in total. The van der Waals surface area contributed by atoms with Crippen molar-refractivity contribution in [3.05, 3.63) is 30.1 Å². The van der Waals surface area contributed by atoms with Crippen molar-refractivity contribution in [1.29, 1.82) is 0 Å². The first-order valence-electron chi connectivity index (χ1n) is 7.19. The van der Waals surface area contributed by atoms with Crippen molar-refractivity contribution in [2.75, 3.05) is 24.7 Å². The Bertz CT molecular complexity index is 610. The van der Waals surface area contributed by atoms with Crippen LogP contribution < -0.4 is 10.6 Å². The SMILES string of the molecule is CC1CCn2c(nc(-c3ccc(N(C)C)cc3)c2N)C1. The number of rotatable bonds is 2. The molecule has 2 heterocycles. The van der Waals surface area contributed by atoms with Crippen molar-refractivity contribution in [1.82, 2.24) is 9.55 Å². The lowest BCUT2D eigenvalue weighted by atomic mass is 10.0. The van der Waals surface area contributed by atoms with Gasteiger partial charge in [0.05, 0.1) is 0 Å². The summed E-state index contributed by atoms with van der Waals surface area (Å²) >= 11 is 0. The zero-order chi connectivity index (χ0) is 14.3. The smallest absolute Gasteiger partial charge is 0.131 e. The van der Waals surface area contributed by atoms with Gasteiger partial charge in [0, 0.05) is 38.3 Å². The summed E-state index contributed by atoms with van der Waals surface area (Å²) in [5, 5.41) is 0. The Kier molecular flexibility index (Phi) is 3.16. The molecule has 0 saturated heterocycles. The van der Waals surface area contributed by atoms with E-state index >= 15 is 0 Å². The zero-order valence-electron chi connectivity index (χ0n) is 12.4. The van der Waals surface area contributed by atoms with E-state index in [0.29, 0.717) is 5.92 Å². The minimum atomic E-state index is 0.702. The second-order valence-corrected chi connectivity index (χ2v) is 5.95. The molecule has 3 rings (SSSR count). The van der Waals surface area contributed by atoms with Gasteiger partial charge in [-0.05, 0) is 24.5 Å². The van der Waals surface area contributed by atoms with Gasteiger partial charge in [-0.25, -0.2) is 4.98 Å². The number of anilines is 2. The maximum atomic E-state index is 6.29. The van der Waals surface area contributed by atoms with Gasteiger partial charge >= 0.3 is 0 Å². The topological polar surface area (TPSA) is 47.1 Å². The van der Waals surface area contributed by atoms with Gasteiger partial charge in [-0.3, -0.25) is 0 Å². The van der Waals surface area contributed by atoms with E-state index in [0.717, 1.165) is 35.9 Å². The van der Waals surface area contributed by atoms with Crippen LogP contribution in [0.2, 0.25) is 0 Å². The Morgan fingerprint density at radius 2 is 1.95 bits per heavy atom. The number of fused-ring (bicyclic) bond motifs is 1. The Labute approximate surface area is 120 Å². The largest absolute Gasteiger partial charge is 0.383 e. The van der Waals surface area contributed by atoms with E-state index in [2.05, 4.69) is 40.7 Å². The van der Waals surface area contributed by atoms with Crippen molar-refractivity contribution in [3.8, 4) is 11.3 Å². The minimum absolute atomic E-state index is 0.702. The lowest BCUT2D eigenvalue weighted by Gasteiger charge is -2.20. The molecular formula is C16H22N4. The number of nitrogens with two attached hydrogens (primary N) is 1. The summed E-state index contributed by atoms with van der Waals surface area (Å²) in [6.45, 7) is 3.27. The molecule has 1 atom stereocenters. The van der Waals surface area contributed by atoms with E-state index < -0.39 is 0 Å². The van der Waals surface area contributed by atoms with Gasteiger partial charge in [0.2, 0.25) is 0 Å². The Hall–Kier alpha value is -1.97. The monoisotopic (exact) mass is 270 g/mol. The number of hydrogen-bond acceptors (Lipinski definition) is 3. The van der Waals surface area contributed by atoms with Crippen LogP contribution in [-0.2, 0) is 13.0 Å². The summed E-state index contributed by atoms with van der Waals surface area (Å²) in [7, 11) is 4.08. The fraction of sp³-hybridized carbons (Fsp3) is 0.438. The Morgan fingerprint density at radius 3 is 2.60 bits per heavy atom. The predicted molar refractivity (Wildman–Crippen MR) is 83.9 cm³/mol. The van der Waals surface area contributed by atoms with Crippen molar-refractivity contribution in [2.45, 2.75) is 26.3 Å². The molecule has 1 unspecified atom stereocenters. The molecule has 0 fully saturated rings. The number of hydrogen-bond donors (Lipinski definition) is 1. The molecule has 2 N–H and O–H groups in total. The first-order valence-corrected chi connectivity index (χ1v) is 7.19. The third-order valence-electron chi connectivity index (χ3n) is 4.12. The van der Waals surface area contributed by atoms with Crippen molar-refractivity contribution < 1.29 is 0 Å². The number of nitrogen functional groups attached to an aromatic ring is 1. The van der Waals surface area contributed by atoms with Gasteiger partial charge in [0.25, 0.3) is 0 Å². The second kappa shape index (κ2) is 4.85. The fourth-order valence-electron chi connectivity index (χ4n) is 2.81. The van der Waals surface area contributed by atoms with E-state index in [9.17, 15) is 0 Å². The van der Waals surface area contributed by atoms with E-state index in [4.69, 9.17) is 10.7 Å². The normalized spacial score (nSPS) is 17.9. The quantitative estimate of drug-likeness (QED) is 0.912. The molecule has 0 amide bonds. The number of nitrogens with zero attached hydrogens (tertiary/aromatic N) is 3. The molecule has 106 valence electrons. The van der Waals surface area contributed by atoms with E-state index in [1.165, 1.54) is 12.1 Å². The van der Waals surface area contributed by atoms with Crippen molar-refractivity contribution in [3.63, 3.8) is 0 Å². The van der Waals surface area contributed by atoms with Crippen LogP contribution in [-0.4, -0.2) is 23.6 Å². The highest BCUT2D eigenvalue weighted by atomic mass is 15.1. The van der Waals surface area contributed by atoms with Crippen molar-refractivity contribution >= 4 is 11.5 Å². The number of imidazole rings is 1. The van der Waals surface area contributed by atoms with Crippen LogP contribution in [0.5, 0.6) is 0 Å². The average Bonchev–Trinajstić information content (AvgIpc) is 2.75. The third-order valence-corrected chi connectivity index (χ3v) is 4.12. The van der Waals surface area contributed by atoms with Gasteiger partial charge in [-0.2, -0.15) is 0 Å². The summed E-state index contributed by atoms with van der Waals surface area (Å²) in [6.07, 6.45) is 2.21. The highest BCUT2D eigenvalue weighted by Gasteiger charge is 2.22. The first kappa shape index (κ1) is 13.0. The molecule has 0 bridgehead atoms. The summed E-state index contributed by atoms with van der Waals surface area (Å²) in [4.78, 5) is 6.86. The maximum Gasteiger partial charge on any atom is 0.131 e. The van der Waals surface area contributed by atoms with Gasteiger partial charge < -0.3 is 15.2 Å². The van der Waals surface area contributed by atoms with Gasteiger partial charge in [-0.15, -0.1) is 0 Å². The van der Waals surface area contributed by atoms with Crippen molar-refractivity contribution in [2.24, 2.45) is 5.92 Å². The molecule has 1 aromatic carbocycles. The Morgan fingerprint density at radius 1 is 1.25 bits per heavy atom. The molecule has 1 aromatic heterocycles. The molecule has 4 heteroatoms. The predicted octanol–water partition coefficient (Wildman–Crippen LogP) is 2.78. The lowest BCUT2D eigenvalue weighted by Crippen LogP contribution is -2.18. The summed E-state index contributed by atoms with van der Waals surface area (Å²) < 4.78 is 2.18. The van der Waals surface area contributed by atoms with Crippen LogP contribution in [0.3, 0.4) is 0 Å². The van der Waals surface area contributed by atoms with Crippen LogP contribution in [0.4, 0.5) is 11.5 Å². The molecule has 1 aliphatic heterocycles. The van der Waals surface area contributed by atoms with Crippen LogP contribution in [0.1, 0.15) is 19.2 Å². The lowest BCUT2D eigenvalue weighted by molar-refractivity contribution is 0.412. The molecular weight excluding hydrogens is 248 g/mol. The van der Waals surface area contributed by atoms with Gasteiger partial charge in [0.1, 0.15) is 17.3 Å². The Balaban J connectivity index is 1.98. The molecule has 1 aliphatic rings. The highest BCUT2D eigenvalue weighted by molar-refractivity contribution is 5.72. The third kappa shape index (κ3) is 2.15. The van der Waals surface area contributed by atoms with Gasteiger partial charge in [0.15, 0.2) is 0 Å². The van der Waals surface area contributed by atoms with E-state index in [1.54, 1.807) is 0 Å². The molecule has 2 aromatic rings. The molecule has 0 saturated carbocycles. The van der Waals surface area contributed by atoms with Crippen LogP contribution in [0.25, 0.3) is 11.3 Å². The molecule has 0 radical (unpaired) electrons. The van der Waals surface area contributed by atoms with E-state index in [1.807, 2.05) is 14.1 Å². The van der Waals surface area contributed by atoms with E-state index in [-0.39, 0.29) is 0 Å². The minimum Gasteiger partial charge on any atom is -0.383 e. The highest BCUT2D eigenvalue weighted by Crippen LogP contribution is 2.31. The molecule has 0 aliphatic carbocycles. The summed E-state index contributed by atoms with van der Waals surface area (Å²) in [5.74, 6) is 2.64. The van der Waals surface area contributed by atoms with Crippen LogP contribution in [0.15, 0.2) is 24.3 Å². The van der Waals surface area contributed by atoms with Crippen LogP contribution in [0, 0.1) is 5.92 Å². The number of benzene rings is 1. The zero-order valence-corrected chi connectivity index (χ0v) is 12.4. The van der Waals surface area contributed by atoms with Gasteiger partial charge in [-0.1, -0.05) is 19.1 Å². The van der Waals surface area contributed by atoms with Crippen LogP contribution >= 0.6 is 0 Å². The first-order chi connectivity index (χ1) is 9.56. The number of aromatic nitrogens is 2. The average molecular weight is 270 g/mol.